The third-order valence-electron chi connectivity index (χ3n) is 4.78. The Morgan fingerprint density at radius 1 is 1.26 bits per heavy atom. The van der Waals surface area contributed by atoms with Gasteiger partial charge in [-0.25, -0.2) is 4.39 Å². The number of carbonyl (C=O) groups is 2. The number of benzene rings is 2. The zero-order valence-electron chi connectivity index (χ0n) is 12.4. The summed E-state index contributed by atoms with van der Waals surface area (Å²) in [7, 11) is 0. The summed E-state index contributed by atoms with van der Waals surface area (Å²) in [6, 6.07) is 8.95. The van der Waals surface area contributed by atoms with E-state index in [4.69, 9.17) is 0 Å². The van der Waals surface area contributed by atoms with E-state index in [1.165, 1.54) is 18.2 Å². The maximum atomic E-state index is 13.6. The van der Waals surface area contributed by atoms with Gasteiger partial charge in [0.1, 0.15) is 5.82 Å². The molecule has 2 aliphatic heterocycles. The molecule has 0 fully saturated rings. The molecule has 116 valence electrons. The number of halogens is 1. The Bertz CT molecular complexity index is 861. The Kier molecular flexibility index (Phi) is 2.82. The summed E-state index contributed by atoms with van der Waals surface area (Å²) in [5, 5.41) is 11.3. The van der Waals surface area contributed by atoms with Gasteiger partial charge in [0, 0.05) is 11.3 Å². The van der Waals surface area contributed by atoms with E-state index in [2.05, 4.69) is 0 Å². The van der Waals surface area contributed by atoms with Crippen molar-refractivity contribution >= 4 is 17.6 Å². The van der Waals surface area contributed by atoms with Gasteiger partial charge in [-0.15, -0.1) is 0 Å². The summed E-state index contributed by atoms with van der Waals surface area (Å²) < 4.78 is 13.6. The maximum Gasteiger partial charge on any atom is 0.259 e. The minimum atomic E-state index is -1.36. The lowest BCUT2D eigenvalue weighted by Crippen LogP contribution is -2.33. The van der Waals surface area contributed by atoms with Gasteiger partial charge < -0.3 is 14.8 Å². The molecule has 2 heterocycles. The van der Waals surface area contributed by atoms with Crippen LogP contribution in [0.25, 0.3) is 0 Å². The van der Waals surface area contributed by atoms with Gasteiger partial charge >= 0.3 is 0 Å². The molecule has 0 radical (unpaired) electrons. The molecule has 2 aliphatic rings. The van der Waals surface area contributed by atoms with Crippen molar-refractivity contribution in [2.24, 2.45) is 0 Å². The second-order valence-corrected chi connectivity index (χ2v) is 6.09. The van der Waals surface area contributed by atoms with Crippen LogP contribution in [0.4, 0.5) is 10.1 Å². The molecule has 5 heteroatoms. The van der Waals surface area contributed by atoms with Crippen LogP contribution < -0.4 is 10.0 Å². The van der Waals surface area contributed by atoms with E-state index in [0.29, 0.717) is 17.7 Å². The van der Waals surface area contributed by atoms with Gasteiger partial charge in [-0.05, 0) is 41.7 Å². The number of amides is 1. The largest absolute Gasteiger partial charge is 0.545 e. The quantitative estimate of drug-likeness (QED) is 0.812. The molecule has 0 N–H and O–H groups in total. The van der Waals surface area contributed by atoms with E-state index in [0.717, 1.165) is 5.56 Å². The zero-order valence-corrected chi connectivity index (χ0v) is 12.4. The van der Waals surface area contributed by atoms with Crippen LogP contribution in [-0.2, 0) is 0 Å². The first-order valence-corrected chi connectivity index (χ1v) is 7.46. The molecule has 0 saturated heterocycles. The van der Waals surface area contributed by atoms with E-state index in [1.807, 2.05) is 6.92 Å². The number of fused-ring (bicyclic) bond motifs is 5. The van der Waals surface area contributed by atoms with Gasteiger partial charge in [0.25, 0.3) is 5.91 Å². The molecular formula is C18H13FNO3-. The van der Waals surface area contributed by atoms with Crippen molar-refractivity contribution < 1.29 is 19.1 Å². The third kappa shape index (κ3) is 1.82. The zero-order chi connectivity index (χ0) is 16.3. The van der Waals surface area contributed by atoms with Crippen LogP contribution in [0.2, 0.25) is 0 Å². The molecule has 2 aromatic carbocycles. The first-order valence-electron chi connectivity index (χ1n) is 7.46. The summed E-state index contributed by atoms with van der Waals surface area (Å²) in [6.45, 7) is 1.99. The van der Waals surface area contributed by atoms with Crippen molar-refractivity contribution in [3.8, 4) is 0 Å². The Hall–Kier alpha value is -2.69. The summed E-state index contributed by atoms with van der Waals surface area (Å²) in [5.41, 5.74) is 2.25. The minimum absolute atomic E-state index is 0.0762. The van der Waals surface area contributed by atoms with Crippen molar-refractivity contribution in [3.63, 3.8) is 0 Å². The number of rotatable bonds is 1. The second kappa shape index (κ2) is 4.65. The second-order valence-electron chi connectivity index (χ2n) is 6.09. The third-order valence-corrected chi connectivity index (χ3v) is 4.78. The van der Waals surface area contributed by atoms with E-state index >= 15 is 0 Å². The van der Waals surface area contributed by atoms with Gasteiger partial charge in [-0.3, -0.25) is 4.79 Å². The number of nitrogens with zero attached hydrogens (tertiary/aromatic N) is 1. The number of hydrogen-bond donors (Lipinski definition) is 0. The van der Waals surface area contributed by atoms with Crippen molar-refractivity contribution in [3.05, 3.63) is 64.5 Å². The highest BCUT2D eigenvalue weighted by Gasteiger charge is 2.43. The average Bonchev–Trinajstić information content (AvgIpc) is 2.81. The molecule has 4 rings (SSSR count). The molecule has 0 unspecified atom stereocenters. The van der Waals surface area contributed by atoms with Crippen molar-refractivity contribution in [2.75, 3.05) is 4.90 Å². The predicted molar refractivity (Wildman–Crippen MR) is 79.8 cm³/mol. The van der Waals surface area contributed by atoms with Crippen molar-refractivity contribution in [1.82, 2.24) is 0 Å². The molecule has 1 amide bonds. The van der Waals surface area contributed by atoms with Gasteiger partial charge in [-0.2, -0.15) is 0 Å². The molecular weight excluding hydrogens is 297 g/mol. The monoisotopic (exact) mass is 310 g/mol. The van der Waals surface area contributed by atoms with Crippen molar-refractivity contribution in [2.45, 2.75) is 25.3 Å². The lowest BCUT2D eigenvalue weighted by molar-refractivity contribution is -0.255. The predicted octanol–water partition coefficient (Wildman–Crippen LogP) is 2.40. The van der Waals surface area contributed by atoms with Crippen LogP contribution in [0, 0.1) is 5.82 Å². The fourth-order valence-corrected chi connectivity index (χ4v) is 3.77. The number of hydrogen-bond acceptors (Lipinski definition) is 3. The lowest BCUT2D eigenvalue weighted by Gasteiger charge is -2.35. The molecule has 0 aromatic heterocycles. The fourth-order valence-electron chi connectivity index (χ4n) is 3.77. The minimum Gasteiger partial charge on any atom is -0.545 e. The van der Waals surface area contributed by atoms with E-state index in [9.17, 15) is 19.1 Å². The topological polar surface area (TPSA) is 60.4 Å². The van der Waals surface area contributed by atoms with Crippen molar-refractivity contribution in [1.29, 1.82) is 0 Å². The summed E-state index contributed by atoms with van der Waals surface area (Å²) in [4.78, 5) is 25.8. The Labute approximate surface area is 132 Å². The first-order chi connectivity index (χ1) is 11.0. The highest BCUT2D eigenvalue weighted by molar-refractivity contribution is 6.16. The van der Waals surface area contributed by atoms with E-state index in [-0.39, 0.29) is 34.8 Å². The normalized spacial score (nSPS) is 21.7. The standard InChI is InChI=1S/C18H14FNO3/c1-9-7-15-11-3-2-4-12(18(22)23)16(11)17(21)20(15)14-6-5-10(19)8-13(9)14/h2-6,8-9,15H,7H2,1H3,(H,22,23)/p-1/t9-,15-/m0/s1. The molecule has 0 bridgehead atoms. The van der Waals surface area contributed by atoms with Crippen LogP contribution in [0.1, 0.15) is 57.1 Å². The molecule has 2 aromatic rings. The molecule has 0 saturated carbocycles. The number of carboxylic acids is 1. The van der Waals surface area contributed by atoms with Crippen LogP contribution >= 0.6 is 0 Å². The highest BCUT2D eigenvalue weighted by Crippen LogP contribution is 2.50. The summed E-state index contributed by atoms with van der Waals surface area (Å²) >= 11 is 0. The number of anilines is 1. The molecule has 23 heavy (non-hydrogen) atoms. The highest BCUT2D eigenvalue weighted by atomic mass is 19.1. The molecule has 4 nitrogen and oxygen atoms in total. The van der Waals surface area contributed by atoms with Crippen LogP contribution in [0.15, 0.2) is 36.4 Å². The Balaban J connectivity index is 1.94. The maximum absolute atomic E-state index is 13.6. The van der Waals surface area contributed by atoms with Crippen LogP contribution in [0.5, 0.6) is 0 Å². The first kappa shape index (κ1) is 13.9. The summed E-state index contributed by atoms with van der Waals surface area (Å²) in [6.07, 6.45) is 0.631. The lowest BCUT2D eigenvalue weighted by atomic mass is 9.85. The smallest absolute Gasteiger partial charge is 0.259 e. The van der Waals surface area contributed by atoms with Gasteiger partial charge in [0.15, 0.2) is 0 Å². The summed E-state index contributed by atoms with van der Waals surface area (Å²) in [5.74, 6) is -1.98. The Morgan fingerprint density at radius 2 is 2.04 bits per heavy atom. The fraction of sp³-hybridized carbons (Fsp3) is 0.222. The molecule has 0 aliphatic carbocycles. The number of carbonyl (C=O) groups excluding carboxylic acids is 2. The average molecular weight is 310 g/mol. The molecule has 0 spiro atoms. The van der Waals surface area contributed by atoms with E-state index < -0.39 is 5.97 Å². The van der Waals surface area contributed by atoms with Gasteiger partial charge in [0.2, 0.25) is 0 Å². The van der Waals surface area contributed by atoms with E-state index in [1.54, 1.807) is 23.1 Å². The van der Waals surface area contributed by atoms with Crippen LogP contribution in [-0.4, -0.2) is 11.9 Å². The molecule has 2 atom stereocenters. The Morgan fingerprint density at radius 3 is 2.78 bits per heavy atom. The van der Waals surface area contributed by atoms with Gasteiger partial charge in [0.05, 0.1) is 17.6 Å². The van der Waals surface area contributed by atoms with Crippen LogP contribution in [0.3, 0.4) is 0 Å². The number of carboxylic acid groups (broad SMARTS) is 1. The number of aromatic carboxylic acids is 1. The SMILES string of the molecule is C[C@H]1C[C@H]2c3cccc(C(=O)[O-])c3C(=O)N2c2ccc(F)cc21. The van der Waals surface area contributed by atoms with Gasteiger partial charge in [-0.1, -0.05) is 25.1 Å².